The largest absolute Gasteiger partial charge is 0.226 e. The van der Waals surface area contributed by atoms with Crippen molar-refractivity contribution >= 4 is 47.0 Å². The number of nitrogens with zero attached hydrogens (tertiary/aromatic N) is 2. The topological polar surface area (TPSA) is 25.8 Å². The van der Waals surface area contributed by atoms with Gasteiger partial charge in [0.2, 0.25) is 5.28 Å². The van der Waals surface area contributed by atoms with Gasteiger partial charge in [-0.05, 0) is 23.7 Å². The van der Waals surface area contributed by atoms with Crippen molar-refractivity contribution in [2.24, 2.45) is 0 Å². The minimum absolute atomic E-state index is 0.220. The van der Waals surface area contributed by atoms with Gasteiger partial charge in [0, 0.05) is 33.6 Å². The Kier molecular flexibility index (Phi) is 4.00. The van der Waals surface area contributed by atoms with Crippen LogP contribution < -0.4 is 0 Å². The Hall–Kier alpha value is -1.09. The third kappa shape index (κ3) is 3.19. The molecule has 0 unspecified atom stereocenters. The summed E-state index contributed by atoms with van der Waals surface area (Å²) < 4.78 is 0. The van der Waals surface area contributed by atoms with Crippen LogP contribution in [0.3, 0.4) is 0 Å². The molecule has 2 nitrogen and oxygen atoms in total. The predicted molar refractivity (Wildman–Crippen MR) is 72.4 cm³/mol. The van der Waals surface area contributed by atoms with Crippen LogP contribution in [-0.4, -0.2) is 9.97 Å². The molecule has 0 saturated carbocycles. The lowest BCUT2D eigenvalue weighted by Gasteiger charge is -2.00. The van der Waals surface area contributed by atoms with E-state index in [0.29, 0.717) is 10.0 Å². The second-order valence-electron chi connectivity index (χ2n) is 3.25. The molecule has 0 bridgehead atoms. The summed E-state index contributed by atoms with van der Waals surface area (Å²) in [5, 5.41) is 1.42. The van der Waals surface area contributed by atoms with Gasteiger partial charge in [-0.2, -0.15) is 0 Å². The van der Waals surface area contributed by atoms with E-state index < -0.39 is 0 Å². The second kappa shape index (κ2) is 5.50. The van der Waals surface area contributed by atoms with E-state index in [9.17, 15) is 0 Å². The molecule has 0 aliphatic heterocycles. The SMILES string of the molecule is Clc1ncc(/C=C/c2c(Cl)cccc2Cl)cn1. The Balaban J connectivity index is 2.29. The van der Waals surface area contributed by atoms with Crippen molar-refractivity contribution < 1.29 is 0 Å². The lowest BCUT2D eigenvalue weighted by Crippen LogP contribution is -1.82. The molecule has 0 aliphatic carbocycles. The van der Waals surface area contributed by atoms with Crippen LogP contribution in [0.4, 0.5) is 0 Å². The highest BCUT2D eigenvalue weighted by Crippen LogP contribution is 2.26. The third-order valence-corrected chi connectivity index (χ3v) is 2.94. The molecule has 0 amide bonds. The van der Waals surface area contributed by atoms with Crippen molar-refractivity contribution in [2.75, 3.05) is 0 Å². The molecule has 1 heterocycles. The Bertz CT molecular complexity index is 530. The van der Waals surface area contributed by atoms with Gasteiger partial charge in [0.05, 0.1) is 0 Å². The van der Waals surface area contributed by atoms with Gasteiger partial charge in [-0.15, -0.1) is 0 Å². The molecule has 0 N–H and O–H groups in total. The number of hydrogen-bond acceptors (Lipinski definition) is 2. The van der Waals surface area contributed by atoms with Crippen molar-refractivity contribution in [1.29, 1.82) is 0 Å². The summed E-state index contributed by atoms with van der Waals surface area (Å²) in [5.74, 6) is 0. The quantitative estimate of drug-likeness (QED) is 0.753. The zero-order valence-electron chi connectivity index (χ0n) is 8.57. The maximum Gasteiger partial charge on any atom is 0.222 e. The van der Waals surface area contributed by atoms with E-state index in [1.807, 2.05) is 12.2 Å². The highest BCUT2D eigenvalue weighted by atomic mass is 35.5. The van der Waals surface area contributed by atoms with Crippen LogP contribution in [0.15, 0.2) is 30.6 Å². The summed E-state index contributed by atoms with van der Waals surface area (Å²) >= 11 is 17.7. The molecular formula is C12H7Cl3N2. The zero-order chi connectivity index (χ0) is 12.3. The van der Waals surface area contributed by atoms with Crippen molar-refractivity contribution in [3.63, 3.8) is 0 Å². The first kappa shape index (κ1) is 12.4. The van der Waals surface area contributed by atoms with Crippen molar-refractivity contribution in [2.45, 2.75) is 0 Å². The van der Waals surface area contributed by atoms with Gasteiger partial charge < -0.3 is 0 Å². The summed E-state index contributed by atoms with van der Waals surface area (Å²) in [7, 11) is 0. The van der Waals surface area contributed by atoms with Crippen LogP contribution >= 0.6 is 34.8 Å². The molecule has 2 aromatic rings. The van der Waals surface area contributed by atoms with Crippen molar-refractivity contribution in [3.8, 4) is 0 Å². The monoisotopic (exact) mass is 284 g/mol. The number of rotatable bonds is 2. The van der Waals surface area contributed by atoms with Crippen LogP contribution in [0.25, 0.3) is 12.2 Å². The molecule has 0 fully saturated rings. The maximum atomic E-state index is 6.03. The Morgan fingerprint density at radius 2 is 1.47 bits per heavy atom. The van der Waals surface area contributed by atoms with Crippen LogP contribution in [0, 0.1) is 0 Å². The van der Waals surface area contributed by atoms with E-state index in [0.717, 1.165) is 11.1 Å². The van der Waals surface area contributed by atoms with Crippen LogP contribution in [-0.2, 0) is 0 Å². The molecule has 0 saturated heterocycles. The molecule has 2 rings (SSSR count). The third-order valence-electron chi connectivity index (χ3n) is 2.08. The summed E-state index contributed by atoms with van der Waals surface area (Å²) in [6.45, 7) is 0. The average Bonchev–Trinajstić information content (AvgIpc) is 2.31. The maximum absolute atomic E-state index is 6.03. The van der Waals surface area contributed by atoms with Crippen LogP contribution in [0.2, 0.25) is 15.3 Å². The van der Waals surface area contributed by atoms with Gasteiger partial charge in [0.1, 0.15) is 0 Å². The van der Waals surface area contributed by atoms with E-state index in [-0.39, 0.29) is 5.28 Å². The second-order valence-corrected chi connectivity index (χ2v) is 4.41. The Morgan fingerprint density at radius 3 is 2.06 bits per heavy atom. The van der Waals surface area contributed by atoms with E-state index in [1.165, 1.54) is 0 Å². The fourth-order valence-electron chi connectivity index (χ4n) is 1.26. The summed E-state index contributed by atoms with van der Waals surface area (Å²) in [6.07, 6.45) is 6.88. The Labute approximate surface area is 114 Å². The fourth-order valence-corrected chi connectivity index (χ4v) is 1.88. The van der Waals surface area contributed by atoms with Gasteiger partial charge in [0.25, 0.3) is 0 Å². The van der Waals surface area contributed by atoms with Gasteiger partial charge >= 0.3 is 0 Å². The fraction of sp³-hybridized carbons (Fsp3) is 0. The van der Waals surface area contributed by atoms with Crippen molar-refractivity contribution in [3.05, 3.63) is 57.0 Å². The van der Waals surface area contributed by atoms with Crippen LogP contribution in [0.1, 0.15) is 11.1 Å². The Morgan fingerprint density at radius 1 is 0.882 bits per heavy atom. The molecule has 17 heavy (non-hydrogen) atoms. The summed E-state index contributed by atoms with van der Waals surface area (Å²) in [5.41, 5.74) is 1.59. The first-order chi connectivity index (χ1) is 8.16. The smallest absolute Gasteiger partial charge is 0.222 e. The molecule has 86 valence electrons. The summed E-state index contributed by atoms with van der Waals surface area (Å²) in [4.78, 5) is 7.75. The molecule has 0 atom stereocenters. The van der Waals surface area contributed by atoms with E-state index >= 15 is 0 Å². The number of hydrogen-bond donors (Lipinski definition) is 0. The van der Waals surface area contributed by atoms with E-state index in [1.54, 1.807) is 30.6 Å². The van der Waals surface area contributed by atoms with Gasteiger partial charge in [-0.3, -0.25) is 0 Å². The normalized spacial score (nSPS) is 11.0. The number of halogens is 3. The molecule has 0 radical (unpaired) electrons. The highest BCUT2D eigenvalue weighted by Gasteiger charge is 2.01. The molecule has 5 heteroatoms. The molecule has 1 aromatic carbocycles. The van der Waals surface area contributed by atoms with E-state index in [4.69, 9.17) is 34.8 Å². The standard InChI is InChI=1S/C12H7Cl3N2/c13-10-2-1-3-11(14)9(10)5-4-8-6-16-12(15)17-7-8/h1-7H/b5-4+. The molecule has 0 aliphatic rings. The minimum atomic E-state index is 0.220. The number of aromatic nitrogens is 2. The molecule has 1 aromatic heterocycles. The number of benzene rings is 1. The summed E-state index contributed by atoms with van der Waals surface area (Å²) in [6, 6.07) is 5.37. The average molecular weight is 286 g/mol. The highest BCUT2D eigenvalue weighted by molar-refractivity contribution is 6.37. The van der Waals surface area contributed by atoms with Crippen molar-refractivity contribution in [1.82, 2.24) is 9.97 Å². The van der Waals surface area contributed by atoms with Gasteiger partial charge in [-0.25, -0.2) is 9.97 Å². The lowest BCUT2D eigenvalue weighted by atomic mass is 10.2. The van der Waals surface area contributed by atoms with Crippen LogP contribution in [0.5, 0.6) is 0 Å². The van der Waals surface area contributed by atoms with E-state index in [2.05, 4.69) is 9.97 Å². The minimum Gasteiger partial charge on any atom is -0.226 e. The predicted octanol–water partition coefficient (Wildman–Crippen LogP) is 4.61. The molecular weight excluding hydrogens is 279 g/mol. The first-order valence-electron chi connectivity index (χ1n) is 4.76. The first-order valence-corrected chi connectivity index (χ1v) is 5.90. The molecule has 0 spiro atoms. The van der Waals surface area contributed by atoms with Gasteiger partial charge in [-0.1, -0.05) is 41.4 Å². The van der Waals surface area contributed by atoms with Gasteiger partial charge in [0.15, 0.2) is 0 Å². The zero-order valence-corrected chi connectivity index (χ0v) is 10.8. The lowest BCUT2D eigenvalue weighted by molar-refractivity contribution is 1.16.